The summed E-state index contributed by atoms with van der Waals surface area (Å²) >= 11 is 3.33. The van der Waals surface area contributed by atoms with Gasteiger partial charge in [0, 0.05) is 25.0 Å². The topological polar surface area (TPSA) is 46.9 Å². The Balaban J connectivity index is 2.16. The number of carbonyl (C=O) groups excluding carboxylic acids is 1. The van der Waals surface area contributed by atoms with E-state index in [-0.39, 0.29) is 5.91 Å². The fourth-order valence-corrected chi connectivity index (χ4v) is 1.61. The first-order valence-corrected chi connectivity index (χ1v) is 6.15. The highest BCUT2D eigenvalue weighted by molar-refractivity contribution is 9.09. The largest absolute Gasteiger partial charge is 0.350 e. The number of unbranched alkanes of at least 4 members (excludes halogenated alkanes) is 1. The summed E-state index contributed by atoms with van der Waals surface area (Å²) in [7, 11) is 1.86. The highest BCUT2D eigenvalue weighted by atomic mass is 79.9. The third-order valence-corrected chi connectivity index (χ3v) is 2.58. The molecule has 0 bridgehead atoms. The van der Waals surface area contributed by atoms with Gasteiger partial charge in [-0.05, 0) is 18.9 Å². The monoisotopic (exact) mass is 273 g/mol. The van der Waals surface area contributed by atoms with E-state index < -0.39 is 0 Å². The van der Waals surface area contributed by atoms with Crippen LogP contribution in [0.25, 0.3) is 0 Å². The molecule has 1 aromatic rings. The molecular weight excluding hydrogens is 258 g/mol. The number of halogens is 1. The molecule has 0 unspecified atom stereocenters. The summed E-state index contributed by atoms with van der Waals surface area (Å²) in [5.41, 5.74) is 0.895. The van der Waals surface area contributed by atoms with Crippen LogP contribution in [0, 0.1) is 0 Å². The smallest absolute Gasteiger partial charge is 0.220 e. The lowest BCUT2D eigenvalue weighted by molar-refractivity contribution is -0.121. The van der Waals surface area contributed by atoms with Crippen LogP contribution in [0.15, 0.2) is 12.3 Å². The fraction of sp³-hybridized carbons (Fsp3) is 0.600. The first-order chi connectivity index (χ1) is 7.22. The second-order valence-electron chi connectivity index (χ2n) is 3.40. The predicted molar refractivity (Wildman–Crippen MR) is 62.7 cm³/mol. The quantitative estimate of drug-likeness (QED) is 0.632. The van der Waals surface area contributed by atoms with Gasteiger partial charge in [0.1, 0.15) is 0 Å². The molecule has 0 saturated heterocycles. The van der Waals surface area contributed by atoms with E-state index in [1.165, 1.54) is 0 Å². The number of nitrogens with one attached hydrogen (secondary N) is 1. The minimum absolute atomic E-state index is 0.0987. The third kappa shape index (κ3) is 4.97. The maximum atomic E-state index is 11.3. The Morgan fingerprint density at radius 2 is 2.40 bits per heavy atom. The number of carbonyl (C=O) groups is 1. The summed E-state index contributed by atoms with van der Waals surface area (Å²) < 4.78 is 1.73. The van der Waals surface area contributed by atoms with Gasteiger partial charge in [0.15, 0.2) is 0 Å². The van der Waals surface area contributed by atoms with Gasteiger partial charge >= 0.3 is 0 Å². The molecule has 0 spiro atoms. The van der Waals surface area contributed by atoms with E-state index in [1.807, 2.05) is 19.3 Å². The summed E-state index contributed by atoms with van der Waals surface area (Å²) in [6, 6.07) is 1.90. The molecule has 1 rings (SSSR count). The van der Waals surface area contributed by atoms with Crippen LogP contribution in [0.1, 0.15) is 25.0 Å². The molecule has 15 heavy (non-hydrogen) atoms. The van der Waals surface area contributed by atoms with Crippen LogP contribution in [0.4, 0.5) is 0 Å². The van der Waals surface area contributed by atoms with Crippen LogP contribution in [0.3, 0.4) is 0 Å². The van der Waals surface area contributed by atoms with Gasteiger partial charge in [-0.15, -0.1) is 0 Å². The lowest BCUT2D eigenvalue weighted by Gasteiger charge is -2.02. The van der Waals surface area contributed by atoms with Gasteiger partial charge in [-0.25, -0.2) is 0 Å². The zero-order valence-corrected chi connectivity index (χ0v) is 10.5. The molecule has 0 aliphatic rings. The molecule has 0 aromatic carbocycles. The predicted octanol–water partition coefficient (Wildman–Crippen LogP) is 1.60. The average Bonchev–Trinajstić information content (AvgIpc) is 2.62. The van der Waals surface area contributed by atoms with Gasteiger partial charge in [-0.2, -0.15) is 5.10 Å². The average molecular weight is 274 g/mol. The van der Waals surface area contributed by atoms with Crippen LogP contribution in [0.5, 0.6) is 0 Å². The second kappa shape index (κ2) is 6.61. The Morgan fingerprint density at radius 3 is 3.00 bits per heavy atom. The Kier molecular flexibility index (Phi) is 5.39. The molecule has 5 heteroatoms. The maximum Gasteiger partial charge on any atom is 0.220 e. The highest BCUT2D eigenvalue weighted by Crippen LogP contribution is 1.99. The molecular formula is C10H16BrN3O. The molecule has 84 valence electrons. The van der Waals surface area contributed by atoms with Crippen LogP contribution < -0.4 is 5.32 Å². The van der Waals surface area contributed by atoms with Crippen molar-refractivity contribution in [3.63, 3.8) is 0 Å². The molecule has 1 amide bonds. The van der Waals surface area contributed by atoms with Crippen molar-refractivity contribution in [2.75, 3.05) is 5.33 Å². The number of rotatable bonds is 6. The molecule has 0 saturated carbocycles. The summed E-state index contributed by atoms with van der Waals surface area (Å²) in [4.78, 5) is 11.3. The number of aryl methyl sites for hydroxylation is 1. The molecule has 0 aliphatic heterocycles. The molecule has 0 aliphatic carbocycles. The van der Waals surface area contributed by atoms with Gasteiger partial charge in [-0.3, -0.25) is 9.48 Å². The van der Waals surface area contributed by atoms with Crippen molar-refractivity contribution >= 4 is 21.8 Å². The van der Waals surface area contributed by atoms with Gasteiger partial charge in [0.25, 0.3) is 0 Å². The van der Waals surface area contributed by atoms with Gasteiger partial charge < -0.3 is 5.32 Å². The number of hydrogen-bond donors (Lipinski definition) is 1. The zero-order valence-electron chi connectivity index (χ0n) is 8.87. The van der Waals surface area contributed by atoms with Crippen LogP contribution in [-0.4, -0.2) is 21.0 Å². The van der Waals surface area contributed by atoms with Gasteiger partial charge in [-0.1, -0.05) is 15.9 Å². The van der Waals surface area contributed by atoms with Crippen molar-refractivity contribution in [1.29, 1.82) is 0 Å². The fourth-order valence-electron chi connectivity index (χ4n) is 1.22. The number of alkyl halides is 1. The molecule has 4 nitrogen and oxygen atoms in total. The van der Waals surface area contributed by atoms with E-state index in [1.54, 1.807) is 4.68 Å². The van der Waals surface area contributed by atoms with Crippen LogP contribution in [0.2, 0.25) is 0 Å². The molecule has 0 fully saturated rings. The minimum Gasteiger partial charge on any atom is -0.350 e. The first-order valence-electron chi connectivity index (χ1n) is 5.03. The molecule has 0 atom stereocenters. The zero-order chi connectivity index (χ0) is 11.1. The Bertz CT molecular complexity index is 311. The highest BCUT2D eigenvalue weighted by Gasteiger charge is 2.02. The molecule has 1 aromatic heterocycles. The van der Waals surface area contributed by atoms with E-state index in [2.05, 4.69) is 26.3 Å². The van der Waals surface area contributed by atoms with E-state index in [0.29, 0.717) is 13.0 Å². The van der Waals surface area contributed by atoms with E-state index in [9.17, 15) is 4.79 Å². The normalized spacial score (nSPS) is 10.3. The summed E-state index contributed by atoms with van der Waals surface area (Å²) in [6.45, 7) is 0.522. The summed E-state index contributed by atoms with van der Waals surface area (Å²) in [5, 5.41) is 7.97. The van der Waals surface area contributed by atoms with E-state index in [0.717, 1.165) is 23.9 Å². The van der Waals surface area contributed by atoms with Crippen molar-refractivity contribution in [1.82, 2.24) is 15.1 Å². The van der Waals surface area contributed by atoms with E-state index >= 15 is 0 Å². The summed E-state index contributed by atoms with van der Waals surface area (Å²) in [6.07, 6.45) is 4.43. The number of aromatic nitrogens is 2. The Morgan fingerprint density at radius 1 is 1.60 bits per heavy atom. The number of amides is 1. The lowest BCUT2D eigenvalue weighted by atomic mass is 10.2. The van der Waals surface area contributed by atoms with Crippen LogP contribution >= 0.6 is 15.9 Å². The third-order valence-electron chi connectivity index (χ3n) is 2.02. The lowest BCUT2D eigenvalue weighted by Crippen LogP contribution is -2.22. The van der Waals surface area contributed by atoms with Gasteiger partial charge in [0.05, 0.1) is 12.2 Å². The van der Waals surface area contributed by atoms with Crippen molar-refractivity contribution in [2.24, 2.45) is 7.05 Å². The number of hydrogen-bond acceptors (Lipinski definition) is 2. The standard InChI is InChI=1S/C10H16BrN3O/c1-14-7-5-9(13-14)8-12-10(15)4-2-3-6-11/h5,7H,2-4,6,8H2,1H3,(H,12,15). The van der Waals surface area contributed by atoms with Crippen molar-refractivity contribution in [3.05, 3.63) is 18.0 Å². The number of nitrogens with zero attached hydrogens (tertiary/aromatic N) is 2. The molecule has 0 radical (unpaired) electrons. The Hall–Kier alpha value is -0.840. The first kappa shape index (κ1) is 12.2. The molecule has 1 heterocycles. The SMILES string of the molecule is Cn1ccc(CNC(=O)CCCCBr)n1. The maximum absolute atomic E-state index is 11.3. The van der Waals surface area contributed by atoms with Crippen molar-refractivity contribution in [2.45, 2.75) is 25.8 Å². The Labute approximate surface area is 98.2 Å². The second-order valence-corrected chi connectivity index (χ2v) is 4.20. The van der Waals surface area contributed by atoms with Crippen molar-refractivity contribution < 1.29 is 4.79 Å². The molecule has 1 N–H and O–H groups in total. The van der Waals surface area contributed by atoms with E-state index in [4.69, 9.17) is 0 Å². The summed E-state index contributed by atoms with van der Waals surface area (Å²) in [5.74, 6) is 0.0987. The van der Waals surface area contributed by atoms with Crippen LogP contribution in [-0.2, 0) is 18.4 Å². The minimum atomic E-state index is 0.0987. The van der Waals surface area contributed by atoms with Gasteiger partial charge in [0.2, 0.25) is 5.91 Å². The van der Waals surface area contributed by atoms with Crippen molar-refractivity contribution in [3.8, 4) is 0 Å².